The molecule has 112 valence electrons. The Morgan fingerprint density at radius 1 is 1.05 bits per heavy atom. The summed E-state index contributed by atoms with van der Waals surface area (Å²) in [6.45, 7) is 2.80. The Kier molecular flexibility index (Phi) is 3.27. The topological polar surface area (TPSA) is 78.6 Å². The lowest BCUT2D eigenvalue weighted by molar-refractivity contribution is -0.162. The number of nitrogens with two attached hydrogens (primary N) is 1. The normalized spacial score (nSPS) is 45.9. The minimum atomic E-state index is -0.332. The van der Waals surface area contributed by atoms with Crippen molar-refractivity contribution in [3.8, 4) is 0 Å². The van der Waals surface area contributed by atoms with Gasteiger partial charge < -0.3 is 15.2 Å². The van der Waals surface area contributed by atoms with Gasteiger partial charge in [0.2, 0.25) is 0 Å². The summed E-state index contributed by atoms with van der Waals surface area (Å²) in [7, 11) is 0. The third kappa shape index (κ3) is 2.03. The van der Waals surface area contributed by atoms with Gasteiger partial charge in [0.25, 0.3) is 0 Å². The Morgan fingerprint density at radius 2 is 1.60 bits per heavy atom. The molecule has 5 heteroatoms. The van der Waals surface area contributed by atoms with Crippen LogP contribution in [0.4, 0.5) is 0 Å². The Balaban J connectivity index is 1.81. The lowest BCUT2D eigenvalue weighted by Gasteiger charge is -2.39. The number of esters is 2. The van der Waals surface area contributed by atoms with E-state index in [4.69, 9.17) is 15.2 Å². The van der Waals surface area contributed by atoms with Crippen LogP contribution < -0.4 is 5.73 Å². The van der Waals surface area contributed by atoms with E-state index in [1.54, 1.807) is 0 Å². The Labute approximate surface area is 119 Å². The zero-order chi connectivity index (χ0) is 14.5. The number of rotatable bonds is 2. The molecule has 3 saturated carbocycles. The number of carbonyl (C=O) groups excluding carboxylic acids is 2. The van der Waals surface area contributed by atoms with E-state index in [2.05, 4.69) is 0 Å². The van der Waals surface area contributed by atoms with Gasteiger partial charge in [0.15, 0.2) is 0 Å². The summed E-state index contributed by atoms with van der Waals surface area (Å²) in [6, 6.07) is 0.153. The quantitative estimate of drug-likeness (QED) is 0.774. The number of hydrogen-bond donors (Lipinski definition) is 1. The molecule has 0 saturated heterocycles. The number of hydrogen-bond acceptors (Lipinski definition) is 5. The maximum Gasteiger partial charge on any atom is 0.303 e. The first-order valence-corrected chi connectivity index (χ1v) is 7.52. The molecule has 0 amide bonds. The summed E-state index contributed by atoms with van der Waals surface area (Å²) in [5.41, 5.74) is 6.47. The number of fused-ring (bicyclic) bond motifs is 3. The zero-order valence-corrected chi connectivity index (χ0v) is 12.1. The van der Waals surface area contributed by atoms with E-state index < -0.39 is 0 Å². The molecule has 0 aromatic carbocycles. The first-order valence-electron chi connectivity index (χ1n) is 7.52. The maximum atomic E-state index is 11.3. The van der Waals surface area contributed by atoms with Gasteiger partial charge in [-0.15, -0.1) is 0 Å². The van der Waals surface area contributed by atoms with Crippen LogP contribution in [0, 0.1) is 17.3 Å². The van der Waals surface area contributed by atoms with Gasteiger partial charge in [-0.1, -0.05) is 0 Å². The Bertz CT molecular complexity index is 408. The lowest BCUT2D eigenvalue weighted by atomic mass is 9.69. The van der Waals surface area contributed by atoms with Gasteiger partial charge in [-0.3, -0.25) is 9.59 Å². The van der Waals surface area contributed by atoms with Crippen LogP contribution in [0.5, 0.6) is 0 Å². The van der Waals surface area contributed by atoms with Gasteiger partial charge >= 0.3 is 11.9 Å². The minimum Gasteiger partial charge on any atom is -0.459 e. The van der Waals surface area contributed by atoms with Crippen molar-refractivity contribution in [1.82, 2.24) is 0 Å². The zero-order valence-electron chi connectivity index (χ0n) is 12.1. The first-order chi connectivity index (χ1) is 9.42. The third-order valence-electron chi connectivity index (χ3n) is 5.67. The number of carbonyl (C=O) groups is 2. The summed E-state index contributed by atoms with van der Waals surface area (Å²) in [6.07, 6.45) is 4.42. The molecule has 2 N–H and O–H groups in total. The second kappa shape index (κ2) is 4.72. The van der Waals surface area contributed by atoms with Crippen LogP contribution in [0.1, 0.15) is 46.0 Å². The molecule has 0 radical (unpaired) electrons. The van der Waals surface area contributed by atoms with Gasteiger partial charge in [0.1, 0.15) is 12.2 Å². The van der Waals surface area contributed by atoms with Crippen molar-refractivity contribution in [1.29, 1.82) is 0 Å². The van der Waals surface area contributed by atoms with Crippen molar-refractivity contribution in [3.63, 3.8) is 0 Å². The average Bonchev–Trinajstić information content (AvgIpc) is 2.98. The van der Waals surface area contributed by atoms with Crippen molar-refractivity contribution >= 4 is 11.9 Å². The molecule has 20 heavy (non-hydrogen) atoms. The summed E-state index contributed by atoms with van der Waals surface area (Å²) >= 11 is 0. The van der Waals surface area contributed by atoms with Crippen molar-refractivity contribution in [3.05, 3.63) is 0 Å². The highest BCUT2D eigenvalue weighted by Crippen LogP contribution is 2.62. The largest absolute Gasteiger partial charge is 0.459 e. The molecule has 2 bridgehead atoms. The molecule has 3 fully saturated rings. The van der Waals surface area contributed by atoms with Crippen LogP contribution in [-0.2, 0) is 19.1 Å². The molecular weight excluding hydrogens is 258 g/mol. The standard InChI is InChI=1S/C15H23NO4/c1-8(17)19-12-6-15(7-13(12)20-9(2)18)11-4-3-10(5-11)14(15)16/h10-14H,3-7,16H2,1-2H3/t10?,11-,12+,13?,14-,15?/m1/s1. The SMILES string of the molecule is CC(=O)OC1CC2(C[C@@H]1OC(C)=O)[C@@H]1CCC(C1)[C@H]2N. The second-order valence-electron chi connectivity index (χ2n) is 6.73. The molecular formula is C15H23NO4. The van der Waals surface area contributed by atoms with E-state index in [1.807, 2.05) is 0 Å². The van der Waals surface area contributed by atoms with Crippen LogP contribution in [-0.4, -0.2) is 30.2 Å². The summed E-state index contributed by atoms with van der Waals surface area (Å²) < 4.78 is 10.8. The van der Waals surface area contributed by atoms with E-state index in [-0.39, 0.29) is 35.6 Å². The molecule has 0 aromatic heterocycles. The number of ether oxygens (including phenoxy) is 2. The Morgan fingerprint density at radius 3 is 2.00 bits per heavy atom. The van der Waals surface area contributed by atoms with E-state index in [0.717, 1.165) is 12.8 Å². The lowest BCUT2D eigenvalue weighted by Crippen LogP contribution is -2.45. The average molecular weight is 281 g/mol. The summed E-state index contributed by atoms with van der Waals surface area (Å²) in [5, 5.41) is 0. The molecule has 5 nitrogen and oxygen atoms in total. The fourth-order valence-corrected chi connectivity index (χ4v) is 4.97. The van der Waals surface area contributed by atoms with Gasteiger partial charge in [-0.05, 0) is 49.4 Å². The third-order valence-corrected chi connectivity index (χ3v) is 5.67. The predicted octanol–water partition coefficient (Wildman–Crippen LogP) is 1.39. The molecule has 3 rings (SSSR count). The van der Waals surface area contributed by atoms with Crippen molar-refractivity contribution in [2.24, 2.45) is 23.0 Å². The van der Waals surface area contributed by atoms with Crippen LogP contribution in [0.2, 0.25) is 0 Å². The van der Waals surface area contributed by atoms with Crippen LogP contribution in [0.3, 0.4) is 0 Å². The predicted molar refractivity (Wildman–Crippen MR) is 71.6 cm³/mol. The fourth-order valence-electron chi connectivity index (χ4n) is 4.97. The minimum absolute atomic E-state index is 0.00313. The van der Waals surface area contributed by atoms with E-state index >= 15 is 0 Å². The van der Waals surface area contributed by atoms with Gasteiger partial charge in [0, 0.05) is 19.9 Å². The maximum absolute atomic E-state index is 11.3. The van der Waals surface area contributed by atoms with E-state index in [9.17, 15) is 9.59 Å². The van der Waals surface area contributed by atoms with E-state index in [0.29, 0.717) is 11.8 Å². The monoisotopic (exact) mass is 281 g/mol. The highest BCUT2D eigenvalue weighted by Gasteiger charge is 2.62. The highest BCUT2D eigenvalue weighted by molar-refractivity contribution is 5.67. The molecule has 3 unspecified atom stereocenters. The highest BCUT2D eigenvalue weighted by atomic mass is 16.6. The van der Waals surface area contributed by atoms with Crippen LogP contribution in [0.25, 0.3) is 0 Å². The molecule has 0 aromatic rings. The van der Waals surface area contributed by atoms with E-state index in [1.165, 1.54) is 33.1 Å². The van der Waals surface area contributed by atoms with Gasteiger partial charge in [-0.2, -0.15) is 0 Å². The molecule has 3 aliphatic rings. The fraction of sp³-hybridized carbons (Fsp3) is 0.867. The molecule has 0 aliphatic heterocycles. The molecule has 1 spiro atoms. The second-order valence-corrected chi connectivity index (χ2v) is 6.73. The Hall–Kier alpha value is -1.10. The van der Waals surface area contributed by atoms with Crippen LogP contribution in [0.15, 0.2) is 0 Å². The smallest absolute Gasteiger partial charge is 0.303 e. The summed E-state index contributed by atoms with van der Waals surface area (Å²) in [4.78, 5) is 22.6. The molecule has 0 heterocycles. The van der Waals surface area contributed by atoms with Crippen LogP contribution >= 0.6 is 0 Å². The van der Waals surface area contributed by atoms with Crippen molar-refractivity contribution in [2.45, 2.75) is 64.2 Å². The van der Waals surface area contributed by atoms with Crippen molar-refractivity contribution in [2.75, 3.05) is 0 Å². The van der Waals surface area contributed by atoms with Crippen molar-refractivity contribution < 1.29 is 19.1 Å². The molecule has 3 aliphatic carbocycles. The molecule has 6 atom stereocenters. The first kappa shape index (κ1) is 13.9. The van der Waals surface area contributed by atoms with Gasteiger partial charge in [-0.25, -0.2) is 0 Å². The summed E-state index contributed by atoms with van der Waals surface area (Å²) in [5.74, 6) is 0.553. The van der Waals surface area contributed by atoms with Gasteiger partial charge in [0.05, 0.1) is 0 Å².